The Hall–Kier alpha value is -5.00. The number of hydrogen-bond acceptors (Lipinski definition) is 5. The molecule has 0 aliphatic carbocycles. The van der Waals surface area contributed by atoms with Crippen LogP contribution >= 0.6 is 0 Å². The standard InChI is InChI=1S/C59H86O5/c1-3-5-7-9-11-13-15-17-19-21-22-23-24-25-26-27-28-29-30-31-32-33-34-35-36-38-40-42-44-46-48-50-52-54-59(62)64-57(55-60)56-63-58(61)53-51-49-47-45-43-41-39-37-20-18-16-14-12-10-8-6-4-2/h5-8,11-14,17-20,22-23,25-26,28-29,31-32,34-35,38-41,44-47,57,60H,3-4,9-10,15-16,21,24,27,30,33,36-37,42-43,48-56H2,1-2H3/b7-5-,8-6-,13-11-,14-12-,19-17-,20-18-,23-22-,26-25-,29-28-,32-31-,35-34-,40-38-,41-39-,46-44-,47-45-. The molecule has 0 amide bonds. The third-order valence-electron chi connectivity index (χ3n) is 9.19. The van der Waals surface area contributed by atoms with Gasteiger partial charge < -0.3 is 14.6 Å². The Balaban J connectivity index is 3.79. The summed E-state index contributed by atoms with van der Waals surface area (Å²) in [6.45, 7) is 3.79. The summed E-state index contributed by atoms with van der Waals surface area (Å²) in [5.41, 5.74) is 0. The first-order chi connectivity index (χ1) is 31.6. The van der Waals surface area contributed by atoms with Gasteiger partial charge in [0.25, 0.3) is 0 Å². The van der Waals surface area contributed by atoms with Crippen LogP contribution in [0.3, 0.4) is 0 Å². The van der Waals surface area contributed by atoms with E-state index in [1.165, 1.54) is 0 Å². The van der Waals surface area contributed by atoms with Crippen LogP contribution in [0.4, 0.5) is 0 Å². The molecule has 0 heterocycles. The lowest BCUT2D eigenvalue weighted by atomic mass is 10.2. The molecule has 64 heavy (non-hydrogen) atoms. The Morgan fingerprint density at radius 2 is 0.625 bits per heavy atom. The second-order valence-corrected chi connectivity index (χ2v) is 15.1. The number of esters is 2. The lowest BCUT2D eigenvalue weighted by molar-refractivity contribution is -0.161. The molecule has 1 unspecified atom stereocenters. The van der Waals surface area contributed by atoms with Crippen molar-refractivity contribution in [3.63, 3.8) is 0 Å². The molecule has 0 aliphatic rings. The normalized spacial score (nSPS) is 13.9. The molecule has 0 aliphatic heterocycles. The number of carbonyl (C=O) groups excluding carboxylic acids is 2. The maximum absolute atomic E-state index is 12.2. The zero-order chi connectivity index (χ0) is 46.3. The van der Waals surface area contributed by atoms with E-state index in [1.54, 1.807) is 0 Å². The zero-order valence-electron chi connectivity index (χ0n) is 39.9. The van der Waals surface area contributed by atoms with Crippen LogP contribution in [0.5, 0.6) is 0 Å². The van der Waals surface area contributed by atoms with Crippen LogP contribution in [0.15, 0.2) is 182 Å². The predicted octanol–water partition coefficient (Wildman–Crippen LogP) is 16.4. The summed E-state index contributed by atoms with van der Waals surface area (Å²) >= 11 is 0. The van der Waals surface area contributed by atoms with Crippen LogP contribution in [-0.4, -0.2) is 36.4 Å². The van der Waals surface area contributed by atoms with E-state index in [9.17, 15) is 14.7 Å². The number of allylic oxidation sites excluding steroid dienone is 30. The minimum absolute atomic E-state index is 0.127. The van der Waals surface area contributed by atoms with E-state index in [4.69, 9.17) is 9.47 Å². The highest BCUT2D eigenvalue weighted by Gasteiger charge is 2.15. The molecule has 0 aromatic heterocycles. The van der Waals surface area contributed by atoms with Gasteiger partial charge >= 0.3 is 11.9 Å². The molecule has 1 N–H and O–H groups in total. The SMILES string of the molecule is CC/C=C\C/C=C\C/C=C\C/C=C\C/C=C\C/C=C\C/C=C\C/C=C\C/C=C\C/C=C\CCCCC(=O)OC(CO)COC(=O)CCC/C=C\C/C=C\C/C=C\C/C=C\C/C=C\CC. The molecule has 352 valence electrons. The topological polar surface area (TPSA) is 72.8 Å². The smallest absolute Gasteiger partial charge is 0.306 e. The first-order valence-electron chi connectivity index (χ1n) is 24.3. The molecule has 0 aromatic carbocycles. The molecule has 0 spiro atoms. The van der Waals surface area contributed by atoms with Crippen molar-refractivity contribution in [2.75, 3.05) is 13.2 Å². The first-order valence-corrected chi connectivity index (χ1v) is 24.3. The highest BCUT2D eigenvalue weighted by atomic mass is 16.6. The van der Waals surface area contributed by atoms with Gasteiger partial charge in [0.15, 0.2) is 6.10 Å². The summed E-state index contributed by atoms with van der Waals surface area (Å²) in [6, 6.07) is 0. The van der Waals surface area contributed by atoms with Crippen molar-refractivity contribution >= 4 is 11.9 Å². The summed E-state index contributed by atoms with van der Waals surface area (Å²) in [5.74, 6) is -0.731. The van der Waals surface area contributed by atoms with Gasteiger partial charge in [-0.2, -0.15) is 0 Å². The van der Waals surface area contributed by atoms with Crippen molar-refractivity contribution in [1.82, 2.24) is 0 Å². The molecule has 0 rings (SSSR count). The number of hydrogen-bond donors (Lipinski definition) is 1. The number of aliphatic hydroxyl groups is 1. The number of ether oxygens (including phenoxy) is 2. The van der Waals surface area contributed by atoms with Gasteiger partial charge in [0.2, 0.25) is 0 Å². The van der Waals surface area contributed by atoms with E-state index in [0.29, 0.717) is 12.8 Å². The molecule has 5 heteroatoms. The maximum Gasteiger partial charge on any atom is 0.306 e. The fraction of sp³-hybridized carbons (Fsp3) is 0.458. The molecule has 0 radical (unpaired) electrons. The van der Waals surface area contributed by atoms with Gasteiger partial charge in [0, 0.05) is 12.8 Å². The molecule has 0 saturated carbocycles. The van der Waals surface area contributed by atoms with Crippen LogP contribution in [0.1, 0.15) is 155 Å². The van der Waals surface area contributed by atoms with Crippen LogP contribution in [0.25, 0.3) is 0 Å². The molecule has 0 saturated heterocycles. The van der Waals surface area contributed by atoms with E-state index in [-0.39, 0.29) is 38.0 Å². The van der Waals surface area contributed by atoms with Gasteiger partial charge in [-0.1, -0.05) is 196 Å². The summed E-state index contributed by atoms with van der Waals surface area (Å²) in [4.78, 5) is 24.4. The molecule has 1 atom stereocenters. The molecular formula is C59H86O5. The fourth-order valence-electron chi connectivity index (χ4n) is 5.61. The Kier molecular flexibility index (Phi) is 48.3. The molecule has 0 aromatic rings. The van der Waals surface area contributed by atoms with Crippen molar-refractivity contribution in [3.05, 3.63) is 182 Å². The first kappa shape index (κ1) is 59.0. The average Bonchev–Trinajstić information content (AvgIpc) is 3.30. The molecular weight excluding hydrogens is 789 g/mol. The number of rotatable bonds is 41. The third kappa shape index (κ3) is 49.7. The van der Waals surface area contributed by atoms with Gasteiger partial charge in [-0.3, -0.25) is 9.59 Å². The highest BCUT2D eigenvalue weighted by molar-refractivity contribution is 5.70. The average molecular weight is 875 g/mol. The van der Waals surface area contributed by atoms with Gasteiger partial charge in [0.05, 0.1) is 6.61 Å². The number of aliphatic hydroxyl groups excluding tert-OH is 1. The largest absolute Gasteiger partial charge is 0.462 e. The van der Waals surface area contributed by atoms with Crippen molar-refractivity contribution in [2.24, 2.45) is 0 Å². The predicted molar refractivity (Wildman–Crippen MR) is 278 cm³/mol. The fourth-order valence-corrected chi connectivity index (χ4v) is 5.61. The lowest BCUT2D eigenvalue weighted by Crippen LogP contribution is -2.28. The van der Waals surface area contributed by atoms with E-state index in [2.05, 4.69) is 196 Å². The van der Waals surface area contributed by atoms with Crippen molar-refractivity contribution in [2.45, 2.75) is 161 Å². The molecule has 0 bridgehead atoms. The van der Waals surface area contributed by atoms with Gasteiger partial charge in [-0.15, -0.1) is 0 Å². The Morgan fingerprint density at radius 3 is 0.922 bits per heavy atom. The van der Waals surface area contributed by atoms with Gasteiger partial charge in [0.1, 0.15) is 6.61 Å². The van der Waals surface area contributed by atoms with Crippen molar-refractivity contribution in [3.8, 4) is 0 Å². The minimum atomic E-state index is -0.834. The van der Waals surface area contributed by atoms with E-state index in [0.717, 1.165) is 116 Å². The second kappa shape index (κ2) is 52.3. The highest BCUT2D eigenvalue weighted by Crippen LogP contribution is 2.07. The van der Waals surface area contributed by atoms with E-state index < -0.39 is 6.10 Å². The number of carbonyl (C=O) groups is 2. The van der Waals surface area contributed by atoms with Crippen LogP contribution in [0, 0.1) is 0 Å². The van der Waals surface area contributed by atoms with Crippen molar-refractivity contribution < 1.29 is 24.2 Å². The summed E-state index contributed by atoms with van der Waals surface area (Å²) in [7, 11) is 0. The quantitative estimate of drug-likeness (QED) is 0.0376. The maximum atomic E-state index is 12.2. The zero-order valence-corrected chi connectivity index (χ0v) is 39.9. The Morgan fingerprint density at radius 1 is 0.359 bits per heavy atom. The molecule has 5 nitrogen and oxygen atoms in total. The monoisotopic (exact) mass is 875 g/mol. The van der Waals surface area contributed by atoms with Gasteiger partial charge in [-0.25, -0.2) is 0 Å². The Bertz CT molecular complexity index is 1550. The Labute approximate surface area is 391 Å². The lowest BCUT2D eigenvalue weighted by Gasteiger charge is -2.15. The van der Waals surface area contributed by atoms with E-state index >= 15 is 0 Å². The minimum Gasteiger partial charge on any atom is -0.462 e. The molecule has 0 fully saturated rings. The third-order valence-corrected chi connectivity index (χ3v) is 9.19. The van der Waals surface area contributed by atoms with Crippen LogP contribution in [0.2, 0.25) is 0 Å². The summed E-state index contributed by atoms with van der Waals surface area (Å²) in [6.07, 6.45) is 84.1. The summed E-state index contributed by atoms with van der Waals surface area (Å²) in [5, 5.41) is 9.59. The number of unbranched alkanes of at least 4 members (excludes halogenated alkanes) is 3. The van der Waals surface area contributed by atoms with E-state index in [1.807, 2.05) is 0 Å². The van der Waals surface area contributed by atoms with Crippen LogP contribution < -0.4 is 0 Å². The van der Waals surface area contributed by atoms with Gasteiger partial charge in [-0.05, 0) is 128 Å². The summed E-state index contributed by atoms with van der Waals surface area (Å²) < 4.78 is 10.6. The van der Waals surface area contributed by atoms with Crippen molar-refractivity contribution in [1.29, 1.82) is 0 Å². The van der Waals surface area contributed by atoms with Crippen LogP contribution in [-0.2, 0) is 19.1 Å². The second-order valence-electron chi connectivity index (χ2n) is 15.1.